The van der Waals surface area contributed by atoms with Crippen molar-refractivity contribution in [2.75, 3.05) is 0 Å². The third-order valence-corrected chi connectivity index (χ3v) is 6.98. The van der Waals surface area contributed by atoms with Crippen molar-refractivity contribution in [2.45, 2.75) is 43.0 Å². The molecule has 0 radical (unpaired) electrons. The van der Waals surface area contributed by atoms with E-state index in [0.717, 1.165) is 41.7 Å². The standard InChI is InChI=1S/C20H19N5OS2/c26-18-17-13-8-4-5-9-14(13)28-19(17)22-16(21-18)11-27-20-23-15(24-25-20)10-12-6-2-1-3-7-12/h1-3,6-7H,4-5,8-11H2,(H,21,22,26)(H,23,24,25). The van der Waals surface area contributed by atoms with E-state index in [-0.39, 0.29) is 5.56 Å². The second-order valence-electron chi connectivity index (χ2n) is 6.92. The van der Waals surface area contributed by atoms with Gasteiger partial charge in [0, 0.05) is 11.3 Å². The summed E-state index contributed by atoms with van der Waals surface area (Å²) in [6.45, 7) is 0. The number of hydrogen-bond donors (Lipinski definition) is 2. The fourth-order valence-corrected chi connectivity index (χ4v) is 5.59. The number of thiophene rings is 1. The summed E-state index contributed by atoms with van der Waals surface area (Å²) >= 11 is 3.15. The Bertz CT molecular complexity index is 1180. The first-order chi connectivity index (χ1) is 13.8. The van der Waals surface area contributed by atoms with Crippen LogP contribution in [0.25, 0.3) is 10.2 Å². The van der Waals surface area contributed by atoms with Crippen LogP contribution in [0.15, 0.2) is 40.3 Å². The molecule has 28 heavy (non-hydrogen) atoms. The Balaban J connectivity index is 1.32. The quantitative estimate of drug-likeness (QED) is 0.489. The summed E-state index contributed by atoms with van der Waals surface area (Å²) in [5, 5.41) is 8.74. The Kier molecular flexibility index (Phi) is 4.74. The average Bonchev–Trinajstić information content (AvgIpc) is 3.31. The van der Waals surface area contributed by atoms with E-state index in [9.17, 15) is 4.79 Å². The minimum Gasteiger partial charge on any atom is -0.309 e. The van der Waals surface area contributed by atoms with Crippen LogP contribution in [0.3, 0.4) is 0 Å². The summed E-state index contributed by atoms with van der Waals surface area (Å²) < 4.78 is 0. The Labute approximate surface area is 169 Å². The van der Waals surface area contributed by atoms with Gasteiger partial charge in [-0.3, -0.25) is 9.89 Å². The summed E-state index contributed by atoms with van der Waals surface area (Å²) in [6, 6.07) is 10.2. The van der Waals surface area contributed by atoms with Gasteiger partial charge in [-0.25, -0.2) is 9.97 Å². The van der Waals surface area contributed by atoms with Crippen molar-refractivity contribution in [3.63, 3.8) is 0 Å². The predicted molar refractivity (Wildman–Crippen MR) is 112 cm³/mol. The monoisotopic (exact) mass is 409 g/mol. The molecule has 1 aliphatic carbocycles. The second kappa shape index (κ2) is 7.52. The zero-order valence-electron chi connectivity index (χ0n) is 15.2. The van der Waals surface area contributed by atoms with Gasteiger partial charge in [0.15, 0.2) is 0 Å². The maximum Gasteiger partial charge on any atom is 0.259 e. The van der Waals surface area contributed by atoms with Crippen molar-refractivity contribution < 1.29 is 0 Å². The van der Waals surface area contributed by atoms with E-state index in [0.29, 0.717) is 16.7 Å². The lowest BCUT2D eigenvalue weighted by Crippen LogP contribution is -2.12. The first kappa shape index (κ1) is 17.6. The van der Waals surface area contributed by atoms with Gasteiger partial charge in [0.05, 0.1) is 11.1 Å². The van der Waals surface area contributed by atoms with Gasteiger partial charge in [-0.05, 0) is 36.8 Å². The number of benzene rings is 1. The van der Waals surface area contributed by atoms with Gasteiger partial charge in [0.25, 0.3) is 5.56 Å². The number of nitrogens with zero attached hydrogens (tertiary/aromatic N) is 3. The lowest BCUT2D eigenvalue weighted by molar-refractivity contribution is 0.700. The highest BCUT2D eigenvalue weighted by molar-refractivity contribution is 7.98. The van der Waals surface area contributed by atoms with Gasteiger partial charge in [-0.15, -0.1) is 16.4 Å². The molecular formula is C20H19N5OS2. The van der Waals surface area contributed by atoms with Crippen LogP contribution in [0, 0.1) is 0 Å². The molecule has 3 heterocycles. The molecule has 0 amide bonds. The van der Waals surface area contributed by atoms with Crippen molar-refractivity contribution in [3.8, 4) is 0 Å². The number of thioether (sulfide) groups is 1. The van der Waals surface area contributed by atoms with Crippen LogP contribution in [0.1, 0.15) is 40.5 Å². The molecule has 0 spiro atoms. The highest BCUT2D eigenvalue weighted by Crippen LogP contribution is 2.33. The molecule has 0 unspecified atom stereocenters. The minimum atomic E-state index is -0.0141. The molecule has 1 aromatic carbocycles. The topological polar surface area (TPSA) is 87.3 Å². The number of H-pyrrole nitrogens is 2. The van der Waals surface area contributed by atoms with E-state index < -0.39 is 0 Å². The first-order valence-corrected chi connectivity index (χ1v) is 11.2. The van der Waals surface area contributed by atoms with Gasteiger partial charge in [-0.1, -0.05) is 42.1 Å². The summed E-state index contributed by atoms with van der Waals surface area (Å²) in [7, 11) is 0. The fraction of sp³-hybridized carbons (Fsp3) is 0.300. The summed E-state index contributed by atoms with van der Waals surface area (Å²) in [5.74, 6) is 2.04. The Hall–Kier alpha value is -2.45. The maximum absolute atomic E-state index is 12.6. The van der Waals surface area contributed by atoms with E-state index in [1.165, 1.54) is 34.2 Å². The van der Waals surface area contributed by atoms with Crippen molar-refractivity contribution in [1.29, 1.82) is 0 Å². The van der Waals surface area contributed by atoms with Crippen LogP contribution in [0.4, 0.5) is 0 Å². The van der Waals surface area contributed by atoms with Crippen molar-refractivity contribution >= 4 is 33.3 Å². The van der Waals surface area contributed by atoms with E-state index >= 15 is 0 Å². The Morgan fingerprint density at radius 1 is 1.07 bits per heavy atom. The van der Waals surface area contributed by atoms with Crippen LogP contribution in [-0.2, 0) is 25.0 Å². The molecule has 4 aromatic rings. The molecule has 5 rings (SSSR count). The van der Waals surface area contributed by atoms with Crippen molar-refractivity contribution in [3.05, 3.63) is 68.3 Å². The molecule has 0 aliphatic heterocycles. The zero-order chi connectivity index (χ0) is 18.9. The van der Waals surface area contributed by atoms with Gasteiger partial charge in [-0.2, -0.15) is 0 Å². The number of hydrogen-bond acceptors (Lipinski definition) is 6. The summed E-state index contributed by atoms with van der Waals surface area (Å²) in [4.78, 5) is 27.0. The molecule has 0 fully saturated rings. The molecule has 3 aromatic heterocycles. The highest BCUT2D eigenvalue weighted by atomic mass is 32.2. The Morgan fingerprint density at radius 3 is 2.82 bits per heavy atom. The number of aromatic amines is 2. The third kappa shape index (κ3) is 3.49. The van der Waals surface area contributed by atoms with E-state index in [1.807, 2.05) is 18.2 Å². The largest absolute Gasteiger partial charge is 0.309 e. The minimum absolute atomic E-state index is 0.0141. The average molecular weight is 410 g/mol. The normalized spacial score (nSPS) is 13.7. The number of aromatic nitrogens is 5. The van der Waals surface area contributed by atoms with Crippen LogP contribution < -0.4 is 5.56 Å². The van der Waals surface area contributed by atoms with Gasteiger partial charge < -0.3 is 4.98 Å². The molecule has 6 nitrogen and oxygen atoms in total. The van der Waals surface area contributed by atoms with Crippen molar-refractivity contribution in [2.24, 2.45) is 0 Å². The second-order valence-corrected chi connectivity index (χ2v) is 8.95. The number of rotatable bonds is 5. The molecule has 8 heteroatoms. The third-order valence-electron chi connectivity index (χ3n) is 4.94. The molecule has 0 bridgehead atoms. The molecule has 0 saturated heterocycles. The van der Waals surface area contributed by atoms with Crippen LogP contribution >= 0.6 is 23.1 Å². The number of nitrogens with one attached hydrogen (secondary N) is 2. The highest BCUT2D eigenvalue weighted by Gasteiger charge is 2.19. The Morgan fingerprint density at radius 2 is 1.93 bits per heavy atom. The lowest BCUT2D eigenvalue weighted by Gasteiger charge is -2.09. The van der Waals surface area contributed by atoms with Crippen LogP contribution in [0.2, 0.25) is 0 Å². The summed E-state index contributed by atoms with van der Waals surface area (Å²) in [5.41, 5.74) is 2.40. The summed E-state index contributed by atoms with van der Waals surface area (Å²) in [6.07, 6.45) is 5.15. The van der Waals surface area contributed by atoms with Gasteiger partial charge in [0.2, 0.25) is 5.16 Å². The van der Waals surface area contributed by atoms with E-state index in [4.69, 9.17) is 4.98 Å². The molecular weight excluding hydrogens is 390 g/mol. The molecule has 0 saturated carbocycles. The molecule has 2 N–H and O–H groups in total. The van der Waals surface area contributed by atoms with Crippen LogP contribution in [-0.4, -0.2) is 25.1 Å². The molecule has 0 atom stereocenters. The number of fused-ring (bicyclic) bond motifs is 3. The van der Waals surface area contributed by atoms with Crippen molar-refractivity contribution in [1.82, 2.24) is 25.1 Å². The number of aryl methyl sites for hydroxylation is 2. The van der Waals surface area contributed by atoms with Gasteiger partial charge in [0.1, 0.15) is 16.5 Å². The van der Waals surface area contributed by atoms with Crippen LogP contribution in [0.5, 0.6) is 0 Å². The smallest absolute Gasteiger partial charge is 0.259 e. The predicted octanol–water partition coefficient (Wildman–Crippen LogP) is 3.86. The lowest BCUT2D eigenvalue weighted by atomic mass is 9.97. The first-order valence-electron chi connectivity index (χ1n) is 9.38. The van der Waals surface area contributed by atoms with Gasteiger partial charge >= 0.3 is 0 Å². The zero-order valence-corrected chi connectivity index (χ0v) is 16.8. The fourth-order valence-electron chi connectivity index (χ4n) is 3.62. The SMILES string of the molecule is O=c1[nH]c(CSc2n[nH]c(Cc3ccccc3)n2)nc2sc3c(c12)CCCC3. The van der Waals surface area contributed by atoms with E-state index in [2.05, 4.69) is 32.3 Å². The van der Waals surface area contributed by atoms with E-state index in [1.54, 1.807) is 11.3 Å². The molecule has 1 aliphatic rings. The maximum atomic E-state index is 12.6. The molecule has 142 valence electrons.